The minimum absolute atomic E-state index is 0.261. The van der Waals surface area contributed by atoms with E-state index in [0.29, 0.717) is 6.54 Å². The summed E-state index contributed by atoms with van der Waals surface area (Å²) in [5.41, 5.74) is 0. The number of hydrogen-bond donors (Lipinski definition) is 1. The molecule has 0 fully saturated rings. The standard InChI is InChI=1S/C7H9F3IN3/c8-7(9,10)5-12-1-2-14-4-6(11)3-13-14/h3-4,12H,1-2,5H2. The molecule has 0 radical (unpaired) electrons. The van der Waals surface area contributed by atoms with Gasteiger partial charge in [-0.15, -0.1) is 0 Å². The van der Waals surface area contributed by atoms with E-state index in [4.69, 9.17) is 0 Å². The highest BCUT2D eigenvalue weighted by Crippen LogP contribution is 2.11. The van der Waals surface area contributed by atoms with E-state index in [9.17, 15) is 13.2 Å². The molecule has 1 aromatic heterocycles. The predicted molar refractivity (Wildman–Crippen MR) is 53.9 cm³/mol. The second-order valence-electron chi connectivity index (χ2n) is 2.71. The molecule has 1 aromatic rings. The molecular formula is C7H9F3IN3. The van der Waals surface area contributed by atoms with Crippen LogP contribution >= 0.6 is 22.6 Å². The van der Waals surface area contributed by atoms with E-state index in [2.05, 4.69) is 33.0 Å². The van der Waals surface area contributed by atoms with Gasteiger partial charge in [-0.3, -0.25) is 4.68 Å². The van der Waals surface area contributed by atoms with Gasteiger partial charge in [-0.05, 0) is 22.6 Å². The van der Waals surface area contributed by atoms with E-state index in [1.807, 2.05) is 0 Å². The highest BCUT2D eigenvalue weighted by atomic mass is 127. The Bertz CT molecular complexity index is 284. The average molecular weight is 319 g/mol. The van der Waals surface area contributed by atoms with Crippen molar-refractivity contribution in [3.8, 4) is 0 Å². The van der Waals surface area contributed by atoms with Crippen LogP contribution in [0.25, 0.3) is 0 Å². The van der Waals surface area contributed by atoms with Crippen LogP contribution < -0.4 is 5.32 Å². The maximum Gasteiger partial charge on any atom is 0.401 e. The lowest BCUT2D eigenvalue weighted by atomic mass is 10.5. The van der Waals surface area contributed by atoms with Gasteiger partial charge in [-0.25, -0.2) is 0 Å². The fourth-order valence-electron chi connectivity index (χ4n) is 0.884. The summed E-state index contributed by atoms with van der Waals surface area (Å²) in [5, 5.41) is 6.23. The summed E-state index contributed by atoms with van der Waals surface area (Å²) in [7, 11) is 0. The lowest BCUT2D eigenvalue weighted by Crippen LogP contribution is -2.31. The molecule has 0 spiro atoms. The van der Waals surface area contributed by atoms with Crippen LogP contribution in [0, 0.1) is 3.57 Å². The van der Waals surface area contributed by atoms with Crippen LogP contribution in [0.4, 0.5) is 13.2 Å². The van der Waals surface area contributed by atoms with Crippen molar-refractivity contribution in [2.75, 3.05) is 13.1 Å². The number of nitrogens with zero attached hydrogens (tertiary/aromatic N) is 2. The fourth-order valence-corrected chi connectivity index (χ4v) is 1.33. The van der Waals surface area contributed by atoms with Crippen LogP contribution in [0.1, 0.15) is 0 Å². The van der Waals surface area contributed by atoms with Gasteiger partial charge in [0.2, 0.25) is 0 Å². The summed E-state index contributed by atoms with van der Waals surface area (Å²) in [5.74, 6) is 0. The van der Waals surface area contributed by atoms with Crippen molar-refractivity contribution >= 4 is 22.6 Å². The van der Waals surface area contributed by atoms with Crippen molar-refractivity contribution in [3.05, 3.63) is 16.0 Å². The molecule has 0 aliphatic rings. The molecule has 1 rings (SSSR count). The summed E-state index contributed by atoms with van der Waals surface area (Å²) >= 11 is 2.09. The summed E-state index contributed by atoms with van der Waals surface area (Å²) < 4.78 is 37.7. The van der Waals surface area contributed by atoms with Crippen molar-refractivity contribution < 1.29 is 13.2 Å². The van der Waals surface area contributed by atoms with Crippen LogP contribution in [0.2, 0.25) is 0 Å². The first-order chi connectivity index (χ1) is 6.47. The number of nitrogens with one attached hydrogen (secondary N) is 1. The average Bonchev–Trinajstić information content (AvgIpc) is 2.44. The maximum absolute atomic E-state index is 11.7. The molecule has 0 amide bonds. The lowest BCUT2D eigenvalue weighted by molar-refractivity contribution is -0.124. The molecule has 1 N–H and O–H groups in total. The minimum atomic E-state index is -4.14. The smallest absolute Gasteiger partial charge is 0.307 e. The minimum Gasteiger partial charge on any atom is -0.307 e. The monoisotopic (exact) mass is 319 g/mol. The van der Waals surface area contributed by atoms with E-state index in [1.165, 1.54) is 0 Å². The Balaban J connectivity index is 2.16. The third-order valence-corrected chi connectivity index (χ3v) is 2.00. The van der Waals surface area contributed by atoms with Crippen molar-refractivity contribution in [2.24, 2.45) is 0 Å². The van der Waals surface area contributed by atoms with Crippen LogP contribution in [0.15, 0.2) is 12.4 Å². The van der Waals surface area contributed by atoms with Gasteiger partial charge in [-0.2, -0.15) is 18.3 Å². The first kappa shape index (κ1) is 11.8. The van der Waals surface area contributed by atoms with E-state index in [-0.39, 0.29) is 6.54 Å². The maximum atomic E-state index is 11.7. The molecule has 0 unspecified atom stereocenters. The molecule has 14 heavy (non-hydrogen) atoms. The Morgan fingerprint density at radius 2 is 2.21 bits per heavy atom. The summed E-state index contributed by atoms with van der Waals surface area (Å²) in [4.78, 5) is 0. The Kier molecular flexibility index (Phi) is 4.17. The second kappa shape index (κ2) is 4.96. The Hall–Kier alpha value is -0.310. The van der Waals surface area contributed by atoms with E-state index in [0.717, 1.165) is 3.57 Å². The van der Waals surface area contributed by atoms with Gasteiger partial charge in [0, 0.05) is 12.7 Å². The Morgan fingerprint density at radius 3 is 2.71 bits per heavy atom. The molecule has 80 valence electrons. The molecule has 1 heterocycles. The summed E-state index contributed by atoms with van der Waals surface area (Å²) in [6.07, 6.45) is -0.710. The molecule has 0 saturated heterocycles. The molecule has 3 nitrogen and oxygen atoms in total. The van der Waals surface area contributed by atoms with Gasteiger partial charge in [0.1, 0.15) is 0 Å². The third kappa shape index (κ3) is 4.80. The Labute approximate surface area is 92.8 Å². The number of hydrogen-bond acceptors (Lipinski definition) is 2. The second-order valence-corrected chi connectivity index (χ2v) is 3.96. The zero-order chi connectivity index (χ0) is 10.6. The van der Waals surface area contributed by atoms with Crippen molar-refractivity contribution in [2.45, 2.75) is 12.7 Å². The first-order valence-electron chi connectivity index (χ1n) is 3.93. The van der Waals surface area contributed by atoms with Crippen LogP contribution in [0.3, 0.4) is 0 Å². The summed E-state index contributed by atoms with van der Waals surface area (Å²) in [6, 6.07) is 0. The quantitative estimate of drug-likeness (QED) is 0.675. The molecule has 0 aliphatic heterocycles. The molecule has 0 atom stereocenters. The van der Waals surface area contributed by atoms with Crippen LogP contribution in [0.5, 0.6) is 0 Å². The predicted octanol–water partition coefficient (Wildman–Crippen LogP) is 1.64. The highest BCUT2D eigenvalue weighted by Gasteiger charge is 2.25. The third-order valence-electron chi connectivity index (χ3n) is 1.44. The van der Waals surface area contributed by atoms with Gasteiger partial charge < -0.3 is 5.32 Å². The molecular weight excluding hydrogens is 310 g/mol. The van der Waals surface area contributed by atoms with Gasteiger partial charge in [0.15, 0.2) is 0 Å². The zero-order valence-electron chi connectivity index (χ0n) is 7.18. The van der Waals surface area contributed by atoms with Crippen molar-refractivity contribution in [1.82, 2.24) is 15.1 Å². The fraction of sp³-hybridized carbons (Fsp3) is 0.571. The highest BCUT2D eigenvalue weighted by molar-refractivity contribution is 14.1. The number of halogens is 4. The number of alkyl halides is 3. The van der Waals surface area contributed by atoms with Gasteiger partial charge >= 0.3 is 6.18 Å². The van der Waals surface area contributed by atoms with Gasteiger partial charge in [-0.1, -0.05) is 0 Å². The van der Waals surface area contributed by atoms with Crippen LogP contribution in [-0.2, 0) is 6.54 Å². The molecule has 0 saturated carbocycles. The topological polar surface area (TPSA) is 29.9 Å². The number of aromatic nitrogens is 2. The molecule has 7 heteroatoms. The van der Waals surface area contributed by atoms with Gasteiger partial charge in [0.05, 0.1) is 22.9 Å². The van der Waals surface area contributed by atoms with E-state index < -0.39 is 12.7 Å². The number of rotatable bonds is 4. The normalized spacial score (nSPS) is 12.0. The zero-order valence-corrected chi connectivity index (χ0v) is 9.34. The van der Waals surface area contributed by atoms with E-state index in [1.54, 1.807) is 17.1 Å². The van der Waals surface area contributed by atoms with Crippen LogP contribution in [-0.4, -0.2) is 29.0 Å². The molecule has 0 bridgehead atoms. The van der Waals surface area contributed by atoms with Crippen molar-refractivity contribution in [3.63, 3.8) is 0 Å². The van der Waals surface area contributed by atoms with Gasteiger partial charge in [0.25, 0.3) is 0 Å². The first-order valence-corrected chi connectivity index (χ1v) is 5.01. The van der Waals surface area contributed by atoms with Crippen molar-refractivity contribution in [1.29, 1.82) is 0 Å². The summed E-state index contributed by atoms with van der Waals surface area (Å²) in [6.45, 7) is -0.248. The Morgan fingerprint density at radius 1 is 1.50 bits per heavy atom. The lowest BCUT2D eigenvalue weighted by Gasteiger charge is -2.07. The molecule has 0 aliphatic carbocycles. The largest absolute Gasteiger partial charge is 0.401 e. The van der Waals surface area contributed by atoms with E-state index >= 15 is 0 Å². The SMILES string of the molecule is FC(F)(F)CNCCn1cc(I)cn1. The molecule has 0 aromatic carbocycles.